The Bertz CT molecular complexity index is 2970. The van der Waals surface area contributed by atoms with Gasteiger partial charge in [0.25, 0.3) is 0 Å². The average molecular weight is 1310 g/mol. The summed E-state index contributed by atoms with van der Waals surface area (Å²) in [7, 11) is 0. The third-order valence-corrected chi connectivity index (χ3v) is 15.2. The molecule has 5 fully saturated rings. The lowest BCUT2D eigenvalue weighted by molar-refractivity contribution is -0.423. The molecular formula is C59H72O33. The van der Waals surface area contributed by atoms with Crippen molar-refractivity contribution in [2.75, 3.05) is 39.6 Å². The minimum absolute atomic E-state index is 0.113. The number of esters is 5. The second-order valence-corrected chi connectivity index (χ2v) is 21.7. The number of phenolic OH excluding ortho intramolecular Hbond substituents is 2. The maximum Gasteiger partial charge on any atom is 0.338 e. The van der Waals surface area contributed by atoms with Crippen LogP contribution in [-0.2, 0) is 85.5 Å². The van der Waals surface area contributed by atoms with Gasteiger partial charge in [-0.2, -0.15) is 0 Å². The number of benzene rings is 3. The third-order valence-electron chi connectivity index (χ3n) is 15.2. The molecule has 33 heteroatoms. The Labute approximate surface area is 522 Å². The first-order valence-electron chi connectivity index (χ1n) is 28.6. The maximum absolute atomic E-state index is 14.3. The van der Waals surface area contributed by atoms with E-state index < -0.39 is 216 Å². The predicted octanol–water partition coefficient (Wildman–Crippen LogP) is -4.98. The number of carbonyl (C=O) groups is 5. The summed E-state index contributed by atoms with van der Waals surface area (Å²) in [5, 5.41) is 153. The molecule has 0 saturated carbocycles. The SMILES string of the molecule is CC(=O)OCC1OC(OC2C(OC(=O)/C=C/c3ccc(O)cc3)C(COC(C)=O)OC(OC3(COC(=O)/C=C/c4ccc(O)cc4)OC(CO)C(O)C3OC(=O)c3ccccc3)C2OC2OC(CO)C(O)C(O)C2O)C(O)C(OC2OC(CO)C(O)C(O)C2O)C1O. The molecule has 14 N–H and O–H groups in total. The van der Waals surface area contributed by atoms with Crippen molar-refractivity contribution in [3.8, 4) is 11.5 Å². The predicted molar refractivity (Wildman–Crippen MR) is 297 cm³/mol. The molecule has 0 spiro atoms. The Hall–Kier alpha value is -6.75. The fraction of sp³-hybridized carbons (Fsp3) is 0.542. The Kier molecular flexibility index (Phi) is 24.7. The normalized spacial score (nSPS) is 36.5. The van der Waals surface area contributed by atoms with Crippen molar-refractivity contribution in [2.24, 2.45) is 0 Å². The van der Waals surface area contributed by atoms with Crippen molar-refractivity contribution in [3.63, 3.8) is 0 Å². The van der Waals surface area contributed by atoms with E-state index in [0.717, 1.165) is 26.0 Å². The van der Waals surface area contributed by atoms with Gasteiger partial charge in [0.15, 0.2) is 37.4 Å². The highest BCUT2D eigenvalue weighted by Gasteiger charge is 2.64. The molecule has 5 heterocycles. The van der Waals surface area contributed by atoms with Crippen molar-refractivity contribution in [1.82, 2.24) is 0 Å². The van der Waals surface area contributed by atoms with E-state index in [0.29, 0.717) is 11.1 Å². The van der Waals surface area contributed by atoms with Crippen LogP contribution >= 0.6 is 0 Å². The highest BCUT2D eigenvalue weighted by Crippen LogP contribution is 2.43. The lowest BCUT2D eigenvalue weighted by Crippen LogP contribution is -2.69. The summed E-state index contributed by atoms with van der Waals surface area (Å²) < 4.78 is 83.7. The highest BCUT2D eigenvalue weighted by atomic mass is 16.8. The Morgan fingerprint density at radius 2 is 0.924 bits per heavy atom. The molecule has 5 aliphatic rings. The van der Waals surface area contributed by atoms with Gasteiger partial charge in [-0.25, -0.2) is 14.4 Å². The number of carbonyl (C=O) groups excluding carboxylic acids is 5. The summed E-state index contributed by atoms with van der Waals surface area (Å²) in [4.78, 5) is 67.3. The number of hydrogen-bond acceptors (Lipinski definition) is 33. The van der Waals surface area contributed by atoms with Crippen molar-refractivity contribution in [2.45, 2.75) is 161 Å². The average Bonchev–Trinajstić information content (AvgIpc) is 1.41. The molecular weight excluding hydrogens is 1240 g/mol. The largest absolute Gasteiger partial charge is 0.508 e. The Balaban J connectivity index is 1.30. The number of rotatable bonds is 24. The number of phenols is 2. The van der Waals surface area contributed by atoms with E-state index in [1.807, 2.05) is 0 Å². The van der Waals surface area contributed by atoms with Crippen LogP contribution in [0.25, 0.3) is 12.2 Å². The van der Waals surface area contributed by atoms with Crippen LogP contribution in [0.2, 0.25) is 0 Å². The molecule has 24 atom stereocenters. The maximum atomic E-state index is 14.3. The molecule has 0 bridgehead atoms. The molecule has 0 radical (unpaired) electrons. The zero-order chi connectivity index (χ0) is 66.7. The van der Waals surface area contributed by atoms with Crippen LogP contribution in [0.1, 0.15) is 35.3 Å². The first kappa shape index (κ1) is 71.1. The van der Waals surface area contributed by atoms with E-state index in [4.69, 9.17) is 66.3 Å². The van der Waals surface area contributed by atoms with E-state index in [9.17, 15) is 95.5 Å². The fourth-order valence-electron chi connectivity index (χ4n) is 10.3. The zero-order valence-corrected chi connectivity index (χ0v) is 48.9. The summed E-state index contributed by atoms with van der Waals surface area (Å²) in [5.41, 5.74) is 0.509. The monoisotopic (exact) mass is 1310 g/mol. The van der Waals surface area contributed by atoms with E-state index in [-0.39, 0.29) is 17.1 Å². The van der Waals surface area contributed by atoms with Crippen LogP contribution in [0.15, 0.2) is 91.0 Å². The molecule has 0 amide bonds. The van der Waals surface area contributed by atoms with Crippen LogP contribution in [-0.4, -0.2) is 288 Å². The van der Waals surface area contributed by atoms with Crippen LogP contribution in [0, 0.1) is 0 Å². The molecule has 8 rings (SSSR count). The van der Waals surface area contributed by atoms with Crippen molar-refractivity contribution in [3.05, 3.63) is 108 Å². The molecule has 5 saturated heterocycles. The van der Waals surface area contributed by atoms with E-state index in [1.165, 1.54) is 84.9 Å². The van der Waals surface area contributed by atoms with Crippen molar-refractivity contribution >= 4 is 42.0 Å². The molecule has 5 aliphatic heterocycles. The van der Waals surface area contributed by atoms with Crippen molar-refractivity contribution < 1.29 is 162 Å². The van der Waals surface area contributed by atoms with Crippen LogP contribution < -0.4 is 0 Å². The molecule has 92 heavy (non-hydrogen) atoms. The summed E-state index contributed by atoms with van der Waals surface area (Å²) in [5.74, 6) is -8.95. The summed E-state index contributed by atoms with van der Waals surface area (Å²) in [6, 6.07) is 17.9. The van der Waals surface area contributed by atoms with Gasteiger partial charge in [-0.15, -0.1) is 0 Å². The molecule has 3 aromatic carbocycles. The minimum atomic E-state index is -3.00. The topological polar surface area (TPSA) is 498 Å². The zero-order valence-electron chi connectivity index (χ0n) is 48.9. The summed E-state index contributed by atoms with van der Waals surface area (Å²) in [6.07, 6.45) is -45.5. The number of aliphatic hydroxyl groups is 12. The van der Waals surface area contributed by atoms with E-state index >= 15 is 0 Å². The Morgan fingerprint density at radius 1 is 0.457 bits per heavy atom. The van der Waals surface area contributed by atoms with Crippen molar-refractivity contribution in [1.29, 1.82) is 0 Å². The van der Waals surface area contributed by atoms with Gasteiger partial charge in [-0.3, -0.25) is 9.59 Å². The van der Waals surface area contributed by atoms with Gasteiger partial charge in [-0.1, -0.05) is 42.5 Å². The quantitative estimate of drug-likeness (QED) is 0.0227. The van der Waals surface area contributed by atoms with E-state index in [1.54, 1.807) is 6.07 Å². The lowest BCUT2D eigenvalue weighted by atomic mass is 9.95. The first-order chi connectivity index (χ1) is 43.8. The second kappa shape index (κ2) is 31.9. The first-order valence-corrected chi connectivity index (χ1v) is 28.6. The number of hydrogen-bond donors (Lipinski definition) is 14. The third kappa shape index (κ3) is 17.1. The second-order valence-electron chi connectivity index (χ2n) is 21.7. The van der Waals surface area contributed by atoms with Gasteiger partial charge in [0, 0.05) is 26.0 Å². The van der Waals surface area contributed by atoms with Gasteiger partial charge in [-0.05, 0) is 59.7 Å². The molecule has 33 nitrogen and oxygen atoms in total. The van der Waals surface area contributed by atoms with Gasteiger partial charge in [0.1, 0.15) is 135 Å². The standard InChI is InChI=1S/C59H72O33/c1-26(63)79-23-36-42(71)50(87-55-46(75)44(73)40(69)33(20-60)82-55)48(77)57(84-36)88-51-49(86-39(68)19-13-29-10-16-32(66)17-11-29)37(24-80-27(2)64)85-58(52(51)89-56-47(76)45(74)41(70)34(21-61)83-56)92-59(25-81-38(67)18-12-28-8-14-31(65)15-9-28)53(43(72)35(22-62)91-59)90-54(78)30-6-4-3-5-7-30/h3-19,33-37,40-53,55-58,60-62,65-66,69-77H,20-25H2,1-2H3/b18-12+,19-13+. The summed E-state index contributed by atoms with van der Waals surface area (Å²) >= 11 is 0. The number of aliphatic hydroxyl groups excluding tert-OH is 12. The summed E-state index contributed by atoms with van der Waals surface area (Å²) in [6.45, 7) is -4.44. The lowest BCUT2D eigenvalue weighted by Gasteiger charge is -2.51. The van der Waals surface area contributed by atoms with Crippen LogP contribution in [0.3, 0.4) is 0 Å². The molecule has 506 valence electrons. The van der Waals surface area contributed by atoms with Gasteiger partial charge < -0.3 is 138 Å². The van der Waals surface area contributed by atoms with Crippen LogP contribution in [0.4, 0.5) is 0 Å². The number of aromatic hydroxyl groups is 2. The number of ether oxygens (including phenoxy) is 14. The molecule has 0 aliphatic carbocycles. The smallest absolute Gasteiger partial charge is 0.338 e. The van der Waals surface area contributed by atoms with Gasteiger partial charge in [0.2, 0.25) is 5.79 Å². The van der Waals surface area contributed by atoms with Gasteiger partial charge in [0.05, 0.1) is 25.4 Å². The molecule has 3 aromatic rings. The molecule has 0 aromatic heterocycles. The van der Waals surface area contributed by atoms with Crippen LogP contribution in [0.5, 0.6) is 11.5 Å². The Morgan fingerprint density at radius 3 is 1.45 bits per heavy atom. The molecule has 24 unspecified atom stereocenters. The van der Waals surface area contributed by atoms with E-state index in [2.05, 4.69) is 0 Å². The highest BCUT2D eigenvalue weighted by molar-refractivity contribution is 5.90. The fourth-order valence-corrected chi connectivity index (χ4v) is 10.3. The van der Waals surface area contributed by atoms with Gasteiger partial charge >= 0.3 is 29.8 Å². The minimum Gasteiger partial charge on any atom is -0.508 e.